The second-order valence-electron chi connectivity index (χ2n) is 4.85. The van der Waals surface area contributed by atoms with Crippen molar-refractivity contribution in [2.45, 2.75) is 19.8 Å². The maximum absolute atomic E-state index is 6.07. The largest absolute Gasteiger partial charge is 0.492 e. The van der Waals surface area contributed by atoms with Gasteiger partial charge in [-0.3, -0.25) is 0 Å². The highest BCUT2D eigenvalue weighted by atomic mass is 16.5. The van der Waals surface area contributed by atoms with E-state index in [1.807, 2.05) is 0 Å². The van der Waals surface area contributed by atoms with Gasteiger partial charge in [-0.05, 0) is 23.3 Å². The van der Waals surface area contributed by atoms with Crippen LogP contribution in [0.5, 0.6) is 5.75 Å². The third-order valence-electron chi connectivity index (χ3n) is 3.47. The highest BCUT2D eigenvalue weighted by Crippen LogP contribution is 2.34. The predicted molar refractivity (Wildman–Crippen MR) is 81.9 cm³/mol. The summed E-state index contributed by atoms with van der Waals surface area (Å²) in [7, 11) is 0. The average molecular weight is 250 g/mol. The Kier molecular flexibility index (Phi) is 3.37. The molecule has 0 fully saturated rings. The zero-order valence-electron chi connectivity index (χ0n) is 11.2. The lowest BCUT2D eigenvalue weighted by Crippen LogP contribution is -1.98. The normalized spacial score (nSPS) is 11.0. The van der Waals surface area contributed by atoms with Crippen molar-refractivity contribution in [3.63, 3.8) is 0 Å². The summed E-state index contributed by atoms with van der Waals surface area (Å²) in [6.45, 7) is 2.97. The van der Waals surface area contributed by atoms with E-state index in [9.17, 15) is 0 Å². The molecule has 0 bridgehead atoms. The molecular weight excluding hydrogens is 232 g/mol. The van der Waals surface area contributed by atoms with Crippen LogP contribution < -0.4 is 4.74 Å². The van der Waals surface area contributed by atoms with Crippen molar-refractivity contribution < 1.29 is 4.74 Å². The molecule has 0 unspecified atom stereocenters. The SMILES string of the molecule is CCCCOc1c2ccccc2cc2ccccc12. The average Bonchev–Trinajstić information content (AvgIpc) is 2.46. The van der Waals surface area contributed by atoms with Gasteiger partial charge in [0.25, 0.3) is 0 Å². The van der Waals surface area contributed by atoms with Crippen molar-refractivity contribution in [3.8, 4) is 5.75 Å². The Hall–Kier alpha value is -2.02. The van der Waals surface area contributed by atoms with Gasteiger partial charge in [-0.2, -0.15) is 0 Å². The Morgan fingerprint density at radius 1 is 0.842 bits per heavy atom. The van der Waals surface area contributed by atoms with Gasteiger partial charge >= 0.3 is 0 Å². The van der Waals surface area contributed by atoms with Gasteiger partial charge in [0.2, 0.25) is 0 Å². The zero-order valence-corrected chi connectivity index (χ0v) is 11.2. The molecule has 0 saturated heterocycles. The van der Waals surface area contributed by atoms with Crippen LogP contribution in [-0.4, -0.2) is 6.61 Å². The van der Waals surface area contributed by atoms with Gasteiger partial charge in [0, 0.05) is 10.8 Å². The van der Waals surface area contributed by atoms with Crippen LogP contribution in [-0.2, 0) is 0 Å². The standard InChI is InChI=1S/C18H18O/c1-2-3-12-19-18-16-10-6-4-8-14(16)13-15-9-5-7-11-17(15)18/h4-11,13H,2-3,12H2,1H3. The molecule has 0 radical (unpaired) electrons. The molecule has 0 amide bonds. The molecule has 3 aromatic rings. The quantitative estimate of drug-likeness (QED) is 0.458. The van der Waals surface area contributed by atoms with Crippen molar-refractivity contribution >= 4 is 21.5 Å². The molecule has 1 heteroatoms. The van der Waals surface area contributed by atoms with Crippen LogP contribution in [0.3, 0.4) is 0 Å². The van der Waals surface area contributed by atoms with Gasteiger partial charge in [0.15, 0.2) is 0 Å². The van der Waals surface area contributed by atoms with Crippen LogP contribution in [0.4, 0.5) is 0 Å². The van der Waals surface area contributed by atoms with Crippen LogP contribution >= 0.6 is 0 Å². The maximum atomic E-state index is 6.07. The van der Waals surface area contributed by atoms with Gasteiger partial charge < -0.3 is 4.74 Å². The van der Waals surface area contributed by atoms with Crippen molar-refractivity contribution in [2.75, 3.05) is 6.61 Å². The van der Waals surface area contributed by atoms with Crippen LogP contribution in [0.2, 0.25) is 0 Å². The van der Waals surface area contributed by atoms with E-state index in [1.54, 1.807) is 0 Å². The first kappa shape index (κ1) is 12.0. The van der Waals surface area contributed by atoms with Gasteiger partial charge in [0.05, 0.1) is 6.61 Å². The summed E-state index contributed by atoms with van der Waals surface area (Å²) in [5.41, 5.74) is 0. The number of hydrogen-bond donors (Lipinski definition) is 0. The minimum absolute atomic E-state index is 0.786. The predicted octanol–water partition coefficient (Wildman–Crippen LogP) is 5.17. The van der Waals surface area contributed by atoms with E-state index >= 15 is 0 Å². The van der Waals surface area contributed by atoms with E-state index in [1.165, 1.54) is 21.5 Å². The fourth-order valence-corrected chi connectivity index (χ4v) is 2.45. The van der Waals surface area contributed by atoms with Gasteiger partial charge in [-0.25, -0.2) is 0 Å². The lowest BCUT2D eigenvalue weighted by atomic mass is 10.0. The molecule has 0 aliphatic heterocycles. The van der Waals surface area contributed by atoms with Gasteiger partial charge in [-0.1, -0.05) is 61.9 Å². The molecule has 19 heavy (non-hydrogen) atoms. The number of hydrogen-bond acceptors (Lipinski definition) is 1. The molecule has 3 aromatic carbocycles. The Bertz CT molecular complexity index is 646. The molecule has 3 rings (SSSR count). The summed E-state index contributed by atoms with van der Waals surface area (Å²) >= 11 is 0. The molecule has 0 heterocycles. The van der Waals surface area contributed by atoms with Crippen LogP contribution in [0.15, 0.2) is 54.6 Å². The van der Waals surface area contributed by atoms with Gasteiger partial charge in [0.1, 0.15) is 5.75 Å². The van der Waals surface area contributed by atoms with Crippen molar-refractivity contribution in [1.82, 2.24) is 0 Å². The van der Waals surface area contributed by atoms with Crippen LogP contribution in [0, 0.1) is 0 Å². The lowest BCUT2D eigenvalue weighted by molar-refractivity contribution is 0.316. The highest BCUT2D eigenvalue weighted by molar-refractivity contribution is 6.05. The third kappa shape index (κ3) is 2.28. The van der Waals surface area contributed by atoms with Crippen molar-refractivity contribution in [3.05, 3.63) is 54.6 Å². The molecule has 1 nitrogen and oxygen atoms in total. The number of rotatable bonds is 4. The van der Waals surface area contributed by atoms with E-state index in [0.29, 0.717) is 0 Å². The number of fused-ring (bicyclic) bond motifs is 2. The minimum atomic E-state index is 0.786. The second kappa shape index (κ2) is 5.31. The molecule has 0 aliphatic carbocycles. The van der Waals surface area contributed by atoms with E-state index in [2.05, 4.69) is 61.5 Å². The highest BCUT2D eigenvalue weighted by Gasteiger charge is 2.07. The van der Waals surface area contributed by atoms with E-state index < -0.39 is 0 Å². The first-order valence-electron chi connectivity index (χ1n) is 6.93. The zero-order chi connectivity index (χ0) is 13.1. The minimum Gasteiger partial charge on any atom is -0.492 e. The Morgan fingerprint density at radius 3 is 2.00 bits per heavy atom. The topological polar surface area (TPSA) is 9.23 Å². The van der Waals surface area contributed by atoms with E-state index in [4.69, 9.17) is 4.74 Å². The van der Waals surface area contributed by atoms with Gasteiger partial charge in [-0.15, -0.1) is 0 Å². The molecule has 0 aliphatic rings. The molecule has 0 atom stereocenters. The number of benzene rings is 3. The summed E-state index contributed by atoms with van der Waals surface area (Å²) in [5.74, 6) is 1.03. The van der Waals surface area contributed by atoms with Crippen LogP contribution in [0.1, 0.15) is 19.8 Å². The second-order valence-corrected chi connectivity index (χ2v) is 4.85. The van der Waals surface area contributed by atoms with E-state index in [0.717, 1.165) is 25.2 Å². The first-order valence-corrected chi connectivity index (χ1v) is 6.93. The van der Waals surface area contributed by atoms with Crippen molar-refractivity contribution in [2.24, 2.45) is 0 Å². The lowest BCUT2D eigenvalue weighted by Gasteiger charge is -2.12. The Labute approximate surface area is 113 Å². The summed E-state index contributed by atoms with van der Waals surface area (Å²) in [6, 6.07) is 19.1. The maximum Gasteiger partial charge on any atom is 0.134 e. The molecule has 0 saturated carbocycles. The molecular formula is C18H18O. The Morgan fingerprint density at radius 2 is 1.42 bits per heavy atom. The molecule has 0 N–H and O–H groups in total. The smallest absolute Gasteiger partial charge is 0.134 e. The number of ether oxygens (including phenoxy) is 1. The molecule has 0 spiro atoms. The molecule has 0 aromatic heterocycles. The third-order valence-corrected chi connectivity index (χ3v) is 3.47. The Balaban J connectivity index is 2.21. The van der Waals surface area contributed by atoms with E-state index in [-0.39, 0.29) is 0 Å². The first-order chi connectivity index (χ1) is 9.40. The fourth-order valence-electron chi connectivity index (χ4n) is 2.45. The number of unbranched alkanes of at least 4 members (excludes halogenated alkanes) is 1. The molecule has 96 valence electrons. The summed E-state index contributed by atoms with van der Waals surface area (Å²) in [5, 5.41) is 4.90. The summed E-state index contributed by atoms with van der Waals surface area (Å²) < 4.78 is 6.07. The summed E-state index contributed by atoms with van der Waals surface area (Å²) in [6.07, 6.45) is 2.25. The fraction of sp³-hybridized carbons (Fsp3) is 0.222. The van der Waals surface area contributed by atoms with Crippen LogP contribution in [0.25, 0.3) is 21.5 Å². The monoisotopic (exact) mass is 250 g/mol. The summed E-state index contributed by atoms with van der Waals surface area (Å²) in [4.78, 5) is 0. The van der Waals surface area contributed by atoms with Crippen molar-refractivity contribution in [1.29, 1.82) is 0 Å².